The molecule has 0 unspecified atom stereocenters. The summed E-state index contributed by atoms with van der Waals surface area (Å²) in [6, 6.07) is 14.4. The van der Waals surface area contributed by atoms with Crippen molar-refractivity contribution >= 4 is 22.6 Å². The fourth-order valence-electron chi connectivity index (χ4n) is 3.64. The van der Waals surface area contributed by atoms with Gasteiger partial charge >= 0.3 is 5.97 Å². The first-order valence-corrected chi connectivity index (χ1v) is 9.07. The van der Waals surface area contributed by atoms with Gasteiger partial charge in [-0.3, -0.25) is 9.63 Å². The smallest absolute Gasteiger partial charge is 0.340 e. The minimum absolute atomic E-state index is 0.131. The number of benzene rings is 2. The van der Waals surface area contributed by atoms with E-state index in [1.165, 1.54) is 13.4 Å². The maximum absolute atomic E-state index is 13.2. The number of fused-ring (bicyclic) bond motifs is 1. The first kappa shape index (κ1) is 18.3. The molecule has 1 saturated heterocycles. The number of carbonyl (C=O) groups is 1. The van der Waals surface area contributed by atoms with Gasteiger partial charge in [0.15, 0.2) is 11.0 Å². The molecule has 1 aromatic heterocycles. The molecule has 0 amide bonds. The van der Waals surface area contributed by atoms with Gasteiger partial charge in [0.05, 0.1) is 29.8 Å². The molecule has 2 heterocycles. The minimum Gasteiger partial charge on any atom is -0.467 e. The van der Waals surface area contributed by atoms with Gasteiger partial charge in [0.2, 0.25) is 0 Å². The highest BCUT2D eigenvalue weighted by Gasteiger charge is 2.50. The molecule has 1 fully saturated rings. The Hall–Kier alpha value is -3.12. The molecule has 28 heavy (non-hydrogen) atoms. The molecule has 2 atom stereocenters. The van der Waals surface area contributed by atoms with E-state index in [4.69, 9.17) is 14.0 Å². The number of hydroxylamine groups is 1. The van der Waals surface area contributed by atoms with Crippen molar-refractivity contribution in [3.05, 3.63) is 76.1 Å². The highest BCUT2D eigenvalue weighted by atomic mass is 16.7. The molecule has 0 saturated carbocycles. The second-order valence-corrected chi connectivity index (χ2v) is 7.21. The maximum atomic E-state index is 13.2. The molecule has 3 aromatic rings. The number of anilines is 1. The molecule has 144 valence electrons. The molecule has 6 nitrogen and oxygen atoms in total. The lowest BCUT2D eigenvalue weighted by Crippen LogP contribution is -2.37. The Labute approximate surface area is 162 Å². The molecule has 2 aromatic carbocycles. The van der Waals surface area contributed by atoms with Gasteiger partial charge in [-0.05, 0) is 38.1 Å². The largest absolute Gasteiger partial charge is 0.467 e. The molecule has 0 spiro atoms. The third-order valence-corrected chi connectivity index (χ3v) is 5.11. The molecule has 0 bridgehead atoms. The maximum Gasteiger partial charge on any atom is 0.340 e. The van der Waals surface area contributed by atoms with Crippen LogP contribution in [0, 0.1) is 6.92 Å². The van der Waals surface area contributed by atoms with Crippen molar-refractivity contribution in [1.82, 2.24) is 0 Å². The third kappa shape index (κ3) is 2.96. The summed E-state index contributed by atoms with van der Waals surface area (Å²) >= 11 is 0. The predicted octanol–water partition coefficient (Wildman–Crippen LogP) is 3.92. The summed E-state index contributed by atoms with van der Waals surface area (Å²) in [6.45, 7) is 3.59. The van der Waals surface area contributed by atoms with Gasteiger partial charge in [0.1, 0.15) is 11.8 Å². The molecule has 0 radical (unpaired) electrons. The number of nitrogens with zero attached hydrogens (tertiary/aromatic N) is 1. The number of rotatable bonds is 3. The van der Waals surface area contributed by atoms with Crippen LogP contribution >= 0.6 is 0 Å². The molecule has 6 heteroatoms. The number of hydrogen-bond donors (Lipinski definition) is 0. The molecule has 0 N–H and O–H groups in total. The normalized spacial score (nSPS) is 21.8. The van der Waals surface area contributed by atoms with E-state index in [-0.39, 0.29) is 11.8 Å². The second kappa shape index (κ2) is 6.80. The lowest BCUT2D eigenvalue weighted by molar-refractivity contribution is -0.163. The summed E-state index contributed by atoms with van der Waals surface area (Å²) in [5.74, 6) is -0.489. The van der Waals surface area contributed by atoms with Crippen molar-refractivity contribution in [3.8, 4) is 0 Å². The summed E-state index contributed by atoms with van der Waals surface area (Å²) in [6.07, 6.45) is 1.73. The van der Waals surface area contributed by atoms with Crippen molar-refractivity contribution < 1.29 is 18.8 Å². The number of ether oxygens (including phenoxy) is 1. The van der Waals surface area contributed by atoms with Gasteiger partial charge in [-0.2, -0.15) is 0 Å². The SMILES string of the molecule is COC(=O)[C@@]1(C)C[C@@H](c2coc3ccc(C)cc3c2=O)N(c2ccccc2)O1. The predicted molar refractivity (Wildman–Crippen MR) is 105 cm³/mol. The Balaban J connectivity index is 1.86. The van der Waals surface area contributed by atoms with Gasteiger partial charge in [-0.1, -0.05) is 29.8 Å². The van der Waals surface area contributed by atoms with Crippen molar-refractivity contribution in [2.45, 2.75) is 31.9 Å². The Kier molecular flexibility index (Phi) is 4.43. The molecule has 1 aliphatic heterocycles. The number of esters is 1. The van der Waals surface area contributed by atoms with Gasteiger partial charge in [-0.25, -0.2) is 9.86 Å². The van der Waals surface area contributed by atoms with Gasteiger partial charge in [-0.15, -0.1) is 0 Å². The van der Waals surface area contributed by atoms with E-state index in [1.54, 1.807) is 18.1 Å². The Morgan fingerprint density at radius 2 is 1.96 bits per heavy atom. The summed E-state index contributed by atoms with van der Waals surface area (Å²) in [5.41, 5.74) is 1.34. The summed E-state index contributed by atoms with van der Waals surface area (Å²) in [7, 11) is 1.32. The quantitative estimate of drug-likeness (QED) is 0.643. The van der Waals surface area contributed by atoms with Crippen LogP contribution in [0.4, 0.5) is 5.69 Å². The molecule has 4 rings (SSSR count). The van der Waals surface area contributed by atoms with Crippen molar-refractivity contribution in [2.75, 3.05) is 12.2 Å². The highest BCUT2D eigenvalue weighted by molar-refractivity contribution is 5.81. The van der Waals surface area contributed by atoms with Crippen molar-refractivity contribution in [2.24, 2.45) is 0 Å². The fourth-order valence-corrected chi connectivity index (χ4v) is 3.64. The average molecular weight is 379 g/mol. The van der Waals surface area contributed by atoms with E-state index in [1.807, 2.05) is 49.4 Å². The van der Waals surface area contributed by atoms with E-state index < -0.39 is 17.6 Å². The van der Waals surface area contributed by atoms with Crippen LogP contribution in [0.3, 0.4) is 0 Å². The van der Waals surface area contributed by atoms with Crippen LogP contribution in [0.2, 0.25) is 0 Å². The van der Waals surface area contributed by atoms with Crippen LogP contribution in [0.1, 0.15) is 30.5 Å². The average Bonchev–Trinajstić information content (AvgIpc) is 3.07. The minimum atomic E-state index is -1.21. The first-order chi connectivity index (χ1) is 13.4. The number of aryl methyl sites for hydroxylation is 1. The first-order valence-electron chi connectivity index (χ1n) is 9.07. The molecular formula is C22H21NO5. The van der Waals surface area contributed by atoms with Gasteiger partial charge < -0.3 is 9.15 Å². The fraction of sp³-hybridized carbons (Fsp3) is 0.273. The van der Waals surface area contributed by atoms with E-state index >= 15 is 0 Å². The Morgan fingerprint density at radius 3 is 2.68 bits per heavy atom. The van der Waals surface area contributed by atoms with Crippen LogP contribution in [-0.2, 0) is 14.4 Å². The highest BCUT2D eigenvalue weighted by Crippen LogP contribution is 2.43. The summed E-state index contributed by atoms with van der Waals surface area (Å²) in [4.78, 5) is 31.6. The topological polar surface area (TPSA) is 69.0 Å². The van der Waals surface area contributed by atoms with E-state index in [9.17, 15) is 9.59 Å². The van der Waals surface area contributed by atoms with Crippen molar-refractivity contribution in [1.29, 1.82) is 0 Å². The van der Waals surface area contributed by atoms with Gasteiger partial charge in [0.25, 0.3) is 0 Å². The van der Waals surface area contributed by atoms with Crippen LogP contribution < -0.4 is 10.5 Å². The number of methoxy groups -OCH3 is 1. The van der Waals surface area contributed by atoms with Gasteiger partial charge in [0, 0.05) is 6.42 Å². The number of hydrogen-bond acceptors (Lipinski definition) is 6. The Morgan fingerprint density at radius 1 is 1.21 bits per heavy atom. The zero-order valence-corrected chi connectivity index (χ0v) is 16.0. The van der Waals surface area contributed by atoms with E-state index in [2.05, 4.69) is 0 Å². The van der Waals surface area contributed by atoms with Crippen LogP contribution in [0.5, 0.6) is 0 Å². The second-order valence-electron chi connectivity index (χ2n) is 7.21. The number of carbonyl (C=O) groups excluding carboxylic acids is 1. The zero-order chi connectivity index (χ0) is 19.9. The van der Waals surface area contributed by atoms with Crippen LogP contribution in [0.25, 0.3) is 11.0 Å². The van der Waals surface area contributed by atoms with E-state index in [0.29, 0.717) is 16.5 Å². The summed E-state index contributed by atoms with van der Waals surface area (Å²) in [5, 5.41) is 2.11. The van der Waals surface area contributed by atoms with Crippen LogP contribution in [0.15, 0.2) is 64.0 Å². The zero-order valence-electron chi connectivity index (χ0n) is 16.0. The third-order valence-electron chi connectivity index (χ3n) is 5.11. The lowest BCUT2D eigenvalue weighted by Gasteiger charge is -2.25. The molecule has 0 aliphatic carbocycles. The Bertz CT molecular complexity index is 1090. The van der Waals surface area contributed by atoms with E-state index in [0.717, 1.165) is 11.3 Å². The van der Waals surface area contributed by atoms with Crippen molar-refractivity contribution in [3.63, 3.8) is 0 Å². The van der Waals surface area contributed by atoms with Crippen LogP contribution in [-0.4, -0.2) is 18.7 Å². The molecule has 1 aliphatic rings. The molecular weight excluding hydrogens is 358 g/mol. The lowest BCUT2D eigenvalue weighted by atomic mass is 9.94. The summed E-state index contributed by atoms with van der Waals surface area (Å²) < 4.78 is 10.7. The standard InChI is InChI=1S/C22H21NO5/c1-14-9-10-19-16(11-14)20(24)17(13-27-19)18-12-22(2,21(25)26-3)28-23(18)15-7-5-4-6-8-15/h4-11,13,18H,12H2,1-3H3/t18-,22+/m0/s1. The monoisotopic (exact) mass is 379 g/mol. The number of para-hydroxylation sites is 1.